The van der Waals surface area contributed by atoms with Gasteiger partial charge in [0.2, 0.25) is 5.91 Å². The van der Waals surface area contributed by atoms with Crippen LogP contribution in [-0.2, 0) is 19.4 Å². The number of aliphatic carboxylic acids is 1. The second-order valence-corrected chi connectivity index (χ2v) is 10.2. The first-order valence-corrected chi connectivity index (χ1v) is 11.1. The molecule has 2 aliphatic heterocycles. The summed E-state index contributed by atoms with van der Waals surface area (Å²) in [6.07, 6.45) is -0.543. The Morgan fingerprint density at radius 1 is 1.27 bits per heavy atom. The summed E-state index contributed by atoms with van der Waals surface area (Å²) >= 11 is 13.4. The highest BCUT2D eigenvalue weighted by Crippen LogP contribution is 2.43. The molecule has 0 aromatic heterocycles. The molecule has 1 N–H and O–H groups in total. The monoisotopic (exact) mass is 436 g/mol. The van der Waals surface area contributed by atoms with Crippen LogP contribution in [0.2, 0.25) is 10.0 Å². The zero-order valence-electron chi connectivity index (χ0n) is 13.3. The summed E-state index contributed by atoms with van der Waals surface area (Å²) in [5, 5.41) is 9.50. The predicted octanol–water partition coefficient (Wildman–Crippen LogP) is 2.46. The number of carbonyl (C=O) groups excluding carboxylic acids is 1. The van der Waals surface area contributed by atoms with Crippen molar-refractivity contribution in [2.24, 2.45) is 4.99 Å². The van der Waals surface area contributed by atoms with E-state index in [0.29, 0.717) is 20.9 Å². The van der Waals surface area contributed by atoms with Crippen molar-refractivity contribution in [2.45, 2.75) is 24.1 Å². The Morgan fingerprint density at radius 2 is 2.00 bits per heavy atom. The van der Waals surface area contributed by atoms with Crippen LogP contribution in [0.4, 0.5) is 5.69 Å². The van der Waals surface area contributed by atoms with Crippen LogP contribution in [0.15, 0.2) is 23.2 Å². The second-order valence-electron chi connectivity index (χ2n) is 5.95. The maximum Gasteiger partial charge on any atom is 0.303 e. The minimum atomic E-state index is -3.19. The Bertz CT molecular complexity index is 903. The molecule has 7 nitrogen and oxygen atoms in total. The fraction of sp³-hybridized carbons (Fsp3) is 0.400. The molecule has 0 aliphatic carbocycles. The molecule has 140 valence electrons. The number of halogens is 2. The van der Waals surface area contributed by atoms with E-state index in [1.807, 2.05) is 0 Å². The molecule has 2 aliphatic rings. The van der Waals surface area contributed by atoms with Crippen molar-refractivity contribution in [3.05, 3.63) is 28.2 Å². The van der Waals surface area contributed by atoms with E-state index in [0.717, 1.165) is 0 Å². The van der Waals surface area contributed by atoms with Crippen LogP contribution in [-0.4, -0.2) is 53.4 Å². The maximum atomic E-state index is 12.0. The van der Waals surface area contributed by atoms with Crippen LogP contribution < -0.4 is 4.90 Å². The van der Waals surface area contributed by atoms with Crippen LogP contribution in [0.25, 0.3) is 0 Å². The molecule has 2 saturated heterocycles. The van der Waals surface area contributed by atoms with E-state index in [1.54, 1.807) is 17.0 Å². The van der Waals surface area contributed by atoms with Crippen molar-refractivity contribution in [1.82, 2.24) is 0 Å². The van der Waals surface area contributed by atoms with Crippen LogP contribution >= 0.6 is 35.0 Å². The minimum Gasteiger partial charge on any atom is -0.481 e. The zero-order chi connectivity index (χ0) is 19.1. The summed E-state index contributed by atoms with van der Waals surface area (Å²) in [5.41, 5.74) is 0.512. The van der Waals surface area contributed by atoms with E-state index in [-0.39, 0.29) is 29.6 Å². The maximum absolute atomic E-state index is 12.0. The summed E-state index contributed by atoms with van der Waals surface area (Å²) in [6, 6.07) is 4.41. The second kappa shape index (κ2) is 7.38. The van der Waals surface area contributed by atoms with Crippen molar-refractivity contribution in [1.29, 1.82) is 0 Å². The normalized spacial score (nSPS) is 25.5. The van der Waals surface area contributed by atoms with Gasteiger partial charge in [0.25, 0.3) is 0 Å². The van der Waals surface area contributed by atoms with Gasteiger partial charge in [-0.3, -0.25) is 9.59 Å². The fourth-order valence-electron chi connectivity index (χ4n) is 2.90. The molecule has 1 amide bonds. The smallest absolute Gasteiger partial charge is 0.303 e. The third-order valence-electron chi connectivity index (χ3n) is 4.01. The molecule has 1 aromatic rings. The third kappa shape index (κ3) is 4.16. The van der Waals surface area contributed by atoms with E-state index in [1.165, 1.54) is 17.8 Å². The number of hydrogen-bond acceptors (Lipinski definition) is 5. The van der Waals surface area contributed by atoms with E-state index >= 15 is 0 Å². The molecule has 0 bridgehead atoms. The van der Waals surface area contributed by atoms with Gasteiger partial charge in [0.1, 0.15) is 0 Å². The molecule has 0 unspecified atom stereocenters. The lowest BCUT2D eigenvalue weighted by atomic mass is 10.2. The van der Waals surface area contributed by atoms with Gasteiger partial charge in [-0.05, 0) is 18.2 Å². The number of thioether (sulfide) groups is 1. The fourth-order valence-corrected chi connectivity index (χ4v) is 7.32. The molecule has 26 heavy (non-hydrogen) atoms. The molecule has 0 radical (unpaired) electrons. The molecule has 2 atom stereocenters. The van der Waals surface area contributed by atoms with Crippen molar-refractivity contribution >= 4 is 67.5 Å². The number of anilines is 1. The molecular weight excluding hydrogens is 423 g/mol. The van der Waals surface area contributed by atoms with Gasteiger partial charge in [-0.25, -0.2) is 8.42 Å². The standard InChI is InChI=1S/C15H14Cl2N2O5S2/c16-8-1-2-10(9(17)5-8)19-11-6-26(23,24)7-12(11)25-15(19)18-13(20)3-4-14(21)22/h1-2,5,11-12H,3-4,6-7H2,(H,21,22)/t11-,12-/m1/s1. The molecular formula is C15H14Cl2N2O5S2. The summed E-state index contributed by atoms with van der Waals surface area (Å²) in [5.74, 6) is -1.73. The van der Waals surface area contributed by atoms with Gasteiger partial charge in [-0.15, -0.1) is 0 Å². The zero-order valence-corrected chi connectivity index (χ0v) is 16.4. The Hall–Kier alpha value is -1.29. The number of sulfone groups is 1. The number of benzene rings is 1. The van der Waals surface area contributed by atoms with Crippen LogP contribution in [0.5, 0.6) is 0 Å². The minimum absolute atomic E-state index is 0.00756. The Kier molecular flexibility index (Phi) is 5.53. The third-order valence-corrected chi connectivity index (χ3v) is 7.76. The molecule has 1 aromatic carbocycles. The summed E-state index contributed by atoms with van der Waals surface area (Å²) < 4.78 is 24.0. The molecule has 11 heteroatoms. The van der Waals surface area contributed by atoms with Crippen molar-refractivity contribution in [3.8, 4) is 0 Å². The Balaban J connectivity index is 1.96. The highest BCUT2D eigenvalue weighted by molar-refractivity contribution is 8.16. The number of carboxylic acids is 1. The summed E-state index contributed by atoms with van der Waals surface area (Å²) in [6.45, 7) is 0. The quantitative estimate of drug-likeness (QED) is 0.772. The van der Waals surface area contributed by atoms with Crippen LogP contribution in [0.1, 0.15) is 12.8 Å². The topological polar surface area (TPSA) is 104 Å². The molecule has 2 heterocycles. The average Bonchev–Trinajstić information content (AvgIpc) is 2.97. The van der Waals surface area contributed by atoms with Gasteiger partial charge in [-0.1, -0.05) is 35.0 Å². The number of carboxylic acid groups (broad SMARTS) is 1. The van der Waals surface area contributed by atoms with Crippen molar-refractivity contribution in [2.75, 3.05) is 16.4 Å². The average molecular weight is 437 g/mol. The lowest BCUT2D eigenvalue weighted by molar-refractivity contribution is -0.138. The molecule has 0 saturated carbocycles. The largest absolute Gasteiger partial charge is 0.481 e. The number of hydrogen-bond donors (Lipinski definition) is 1. The van der Waals surface area contributed by atoms with Crippen molar-refractivity contribution in [3.63, 3.8) is 0 Å². The van der Waals surface area contributed by atoms with Crippen LogP contribution in [0.3, 0.4) is 0 Å². The number of carbonyl (C=O) groups is 2. The Morgan fingerprint density at radius 3 is 2.65 bits per heavy atom. The highest BCUT2D eigenvalue weighted by atomic mass is 35.5. The molecule has 3 rings (SSSR count). The van der Waals surface area contributed by atoms with E-state index < -0.39 is 27.8 Å². The van der Waals surface area contributed by atoms with Gasteiger partial charge in [0.05, 0.1) is 34.7 Å². The molecule has 2 fully saturated rings. The first-order valence-electron chi connectivity index (χ1n) is 7.61. The van der Waals surface area contributed by atoms with Gasteiger partial charge in [-0.2, -0.15) is 4.99 Å². The predicted molar refractivity (Wildman–Crippen MR) is 102 cm³/mol. The number of amides is 1. The summed E-state index contributed by atoms with van der Waals surface area (Å²) in [4.78, 5) is 28.3. The first kappa shape index (κ1) is 19.5. The van der Waals surface area contributed by atoms with Crippen LogP contribution in [0, 0.1) is 0 Å². The number of amidine groups is 1. The van der Waals surface area contributed by atoms with Gasteiger partial charge >= 0.3 is 5.97 Å². The Labute approximate surface area is 164 Å². The van der Waals surface area contributed by atoms with Crippen molar-refractivity contribution < 1.29 is 23.1 Å². The SMILES string of the molecule is O=C(O)CCC(=O)N=C1S[C@@H]2CS(=O)(=O)C[C@H]2N1c1ccc(Cl)cc1Cl. The first-order chi connectivity index (χ1) is 12.2. The highest BCUT2D eigenvalue weighted by Gasteiger charge is 2.49. The van der Waals surface area contributed by atoms with Gasteiger partial charge in [0.15, 0.2) is 15.0 Å². The summed E-state index contributed by atoms with van der Waals surface area (Å²) in [7, 11) is -3.19. The van der Waals surface area contributed by atoms with E-state index in [4.69, 9.17) is 28.3 Å². The number of rotatable bonds is 4. The van der Waals surface area contributed by atoms with Gasteiger partial charge < -0.3 is 10.0 Å². The van der Waals surface area contributed by atoms with Gasteiger partial charge in [0, 0.05) is 16.7 Å². The number of nitrogens with zero attached hydrogens (tertiary/aromatic N) is 2. The number of fused-ring (bicyclic) bond motifs is 1. The lowest BCUT2D eigenvalue weighted by Gasteiger charge is -2.25. The van der Waals surface area contributed by atoms with E-state index in [2.05, 4.69) is 4.99 Å². The van der Waals surface area contributed by atoms with E-state index in [9.17, 15) is 18.0 Å². The molecule has 0 spiro atoms. The number of aliphatic imine (C=N–C) groups is 1. The lowest BCUT2D eigenvalue weighted by Crippen LogP contribution is -2.37.